The molecule has 6 nitrogen and oxygen atoms in total. The average molecular weight is 506 g/mol. The number of halogens is 1. The highest BCUT2D eigenvalue weighted by molar-refractivity contribution is 7.91. The summed E-state index contributed by atoms with van der Waals surface area (Å²) in [7, 11) is -1.55. The summed E-state index contributed by atoms with van der Waals surface area (Å²) in [6.45, 7) is 4.28. The highest BCUT2D eigenvalue weighted by Crippen LogP contribution is 2.21. The van der Waals surface area contributed by atoms with Gasteiger partial charge in [-0.2, -0.15) is 0 Å². The van der Waals surface area contributed by atoms with Gasteiger partial charge in [-0.25, -0.2) is 13.1 Å². The molecule has 0 bridgehead atoms. The van der Waals surface area contributed by atoms with Crippen LogP contribution in [0, 0.1) is 6.92 Å². The van der Waals surface area contributed by atoms with Crippen LogP contribution in [0.1, 0.15) is 32.8 Å². The third-order valence-corrected chi connectivity index (χ3v) is 8.30. The highest BCUT2D eigenvalue weighted by atomic mass is 35.5. The van der Waals surface area contributed by atoms with E-state index in [1.807, 2.05) is 7.05 Å². The van der Waals surface area contributed by atoms with Gasteiger partial charge in [0.25, 0.3) is 5.91 Å². The van der Waals surface area contributed by atoms with Gasteiger partial charge in [0.15, 0.2) is 0 Å². The third-order valence-electron chi connectivity index (χ3n) is 5.01. The summed E-state index contributed by atoms with van der Waals surface area (Å²) < 4.78 is 28.1. The van der Waals surface area contributed by atoms with E-state index in [9.17, 15) is 13.2 Å². The summed E-state index contributed by atoms with van der Waals surface area (Å²) in [5, 5.41) is 3.36. The Morgan fingerprint density at radius 1 is 1.03 bits per heavy atom. The number of sulfonamides is 1. The zero-order valence-electron chi connectivity index (χ0n) is 18.7. The monoisotopic (exact) mass is 505 g/mol. The minimum Gasteiger partial charge on any atom is -0.347 e. The number of carbonyl (C=O) groups excluding carboxylic acids is 1. The molecule has 0 aliphatic rings. The van der Waals surface area contributed by atoms with E-state index < -0.39 is 10.0 Å². The maximum Gasteiger partial charge on any atom is 0.251 e. The number of hydrogen-bond donors (Lipinski definition) is 2. The molecule has 3 aromatic rings. The lowest BCUT2D eigenvalue weighted by Gasteiger charge is -2.16. The molecule has 176 valence electrons. The van der Waals surface area contributed by atoms with E-state index >= 15 is 0 Å². The normalized spacial score (nSPS) is 11.6. The maximum absolute atomic E-state index is 12.6. The number of nitrogens with zero attached hydrogens (tertiary/aromatic N) is 1. The number of thiophene rings is 1. The summed E-state index contributed by atoms with van der Waals surface area (Å²) in [6, 6.07) is 18.3. The van der Waals surface area contributed by atoms with Crippen LogP contribution in [0.2, 0.25) is 5.02 Å². The van der Waals surface area contributed by atoms with Crippen LogP contribution in [-0.4, -0.2) is 39.4 Å². The minimum absolute atomic E-state index is 0.239. The summed E-state index contributed by atoms with van der Waals surface area (Å²) in [4.78, 5) is 15.1. The molecule has 33 heavy (non-hydrogen) atoms. The molecule has 2 aromatic carbocycles. The number of aryl methyl sites for hydroxylation is 1. The van der Waals surface area contributed by atoms with Gasteiger partial charge in [-0.3, -0.25) is 4.79 Å². The van der Waals surface area contributed by atoms with Gasteiger partial charge in [-0.1, -0.05) is 41.4 Å². The van der Waals surface area contributed by atoms with Crippen LogP contribution in [0.15, 0.2) is 64.9 Å². The molecule has 0 saturated carbocycles. The zero-order valence-corrected chi connectivity index (χ0v) is 21.1. The fraction of sp³-hybridized carbons (Fsp3) is 0.292. The van der Waals surface area contributed by atoms with Crippen molar-refractivity contribution >= 4 is 38.9 Å². The molecule has 2 N–H and O–H groups in total. The summed E-state index contributed by atoms with van der Waals surface area (Å²) in [5.74, 6) is -0.239. The fourth-order valence-electron chi connectivity index (χ4n) is 3.18. The second-order valence-electron chi connectivity index (χ2n) is 7.89. The lowest BCUT2D eigenvalue weighted by atomic mass is 10.1. The standard InChI is InChI=1S/C24H28ClN3O3S2/c1-18-4-6-19(7-5-18)17-28(2)15-3-14-27-33(30,31)23-13-12-22(32-23)16-26-24(29)20-8-10-21(25)11-9-20/h4-13,27H,3,14-17H2,1-2H3,(H,26,29). The van der Waals surface area contributed by atoms with E-state index in [0.29, 0.717) is 23.6 Å². The number of amides is 1. The third kappa shape index (κ3) is 7.94. The summed E-state index contributed by atoms with van der Waals surface area (Å²) in [6.07, 6.45) is 0.705. The molecular weight excluding hydrogens is 478 g/mol. The first-order chi connectivity index (χ1) is 15.7. The van der Waals surface area contributed by atoms with Crippen molar-refractivity contribution in [2.24, 2.45) is 0 Å². The first-order valence-electron chi connectivity index (χ1n) is 10.6. The van der Waals surface area contributed by atoms with Gasteiger partial charge in [-0.05, 0) is 68.9 Å². The molecule has 1 heterocycles. The van der Waals surface area contributed by atoms with Crippen LogP contribution in [0.5, 0.6) is 0 Å². The quantitative estimate of drug-likeness (QED) is 0.378. The van der Waals surface area contributed by atoms with E-state index in [0.717, 1.165) is 29.3 Å². The fourth-order valence-corrected chi connectivity index (χ4v) is 5.72. The highest BCUT2D eigenvalue weighted by Gasteiger charge is 2.17. The Bertz CT molecular complexity index is 1160. The molecular formula is C24H28ClN3O3S2. The van der Waals surface area contributed by atoms with E-state index in [2.05, 4.69) is 46.1 Å². The lowest BCUT2D eigenvalue weighted by Crippen LogP contribution is -2.27. The molecule has 1 aromatic heterocycles. The van der Waals surface area contributed by atoms with Crippen molar-refractivity contribution in [2.75, 3.05) is 20.1 Å². The largest absolute Gasteiger partial charge is 0.347 e. The van der Waals surface area contributed by atoms with Crippen molar-refractivity contribution in [1.82, 2.24) is 14.9 Å². The summed E-state index contributed by atoms with van der Waals surface area (Å²) in [5.41, 5.74) is 2.97. The van der Waals surface area contributed by atoms with Gasteiger partial charge in [0, 0.05) is 28.6 Å². The smallest absolute Gasteiger partial charge is 0.251 e. The second-order valence-corrected chi connectivity index (χ2v) is 11.5. The molecule has 0 radical (unpaired) electrons. The Morgan fingerprint density at radius 2 is 1.73 bits per heavy atom. The van der Waals surface area contributed by atoms with E-state index in [1.54, 1.807) is 36.4 Å². The SMILES string of the molecule is Cc1ccc(CN(C)CCCNS(=O)(=O)c2ccc(CNC(=O)c3ccc(Cl)cc3)s2)cc1. The molecule has 1 amide bonds. The van der Waals surface area contributed by atoms with Crippen LogP contribution < -0.4 is 10.0 Å². The molecule has 0 aliphatic carbocycles. The van der Waals surface area contributed by atoms with Crippen LogP contribution in [0.25, 0.3) is 0 Å². The van der Waals surface area contributed by atoms with Crippen molar-refractivity contribution in [3.63, 3.8) is 0 Å². The zero-order chi connectivity index (χ0) is 23.8. The van der Waals surface area contributed by atoms with Crippen molar-refractivity contribution in [1.29, 1.82) is 0 Å². The van der Waals surface area contributed by atoms with Crippen LogP contribution in [-0.2, 0) is 23.1 Å². The van der Waals surface area contributed by atoms with Crippen molar-refractivity contribution in [3.8, 4) is 0 Å². The maximum atomic E-state index is 12.6. The van der Waals surface area contributed by atoms with Gasteiger partial charge in [0.2, 0.25) is 10.0 Å². The average Bonchev–Trinajstić information content (AvgIpc) is 3.27. The predicted octanol–water partition coefficient (Wildman–Crippen LogP) is 4.44. The topological polar surface area (TPSA) is 78.5 Å². The number of benzene rings is 2. The first-order valence-corrected chi connectivity index (χ1v) is 13.3. The van der Waals surface area contributed by atoms with Crippen molar-refractivity contribution in [2.45, 2.75) is 30.6 Å². The Kier molecular flexibility index (Phi) is 9.05. The number of nitrogens with one attached hydrogen (secondary N) is 2. The molecule has 0 atom stereocenters. The molecule has 9 heteroatoms. The van der Waals surface area contributed by atoms with Gasteiger partial charge < -0.3 is 10.2 Å². The minimum atomic E-state index is -3.57. The second kappa shape index (κ2) is 11.8. The molecule has 3 rings (SSSR count). The van der Waals surface area contributed by atoms with Crippen LogP contribution >= 0.6 is 22.9 Å². The molecule has 0 unspecified atom stereocenters. The van der Waals surface area contributed by atoms with E-state index in [-0.39, 0.29) is 16.7 Å². The number of carbonyl (C=O) groups is 1. The van der Waals surface area contributed by atoms with Crippen LogP contribution in [0.3, 0.4) is 0 Å². The van der Waals surface area contributed by atoms with Gasteiger partial charge in [-0.15, -0.1) is 11.3 Å². The van der Waals surface area contributed by atoms with E-state index in [4.69, 9.17) is 11.6 Å². The molecule has 0 saturated heterocycles. The Labute approximate surface area is 204 Å². The Balaban J connectivity index is 1.42. The Hall–Kier alpha value is -2.23. The van der Waals surface area contributed by atoms with Gasteiger partial charge in [0.05, 0.1) is 6.54 Å². The molecule has 0 spiro atoms. The predicted molar refractivity (Wildman–Crippen MR) is 134 cm³/mol. The molecule has 0 fully saturated rings. The van der Waals surface area contributed by atoms with Crippen molar-refractivity contribution in [3.05, 3.63) is 87.3 Å². The number of hydrogen-bond acceptors (Lipinski definition) is 5. The first kappa shape index (κ1) is 25.4. The van der Waals surface area contributed by atoms with E-state index in [1.165, 1.54) is 11.1 Å². The summed E-state index contributed by atoms with van der Waals surface area (Å²) >= 11 is 6.99. The van der Waals surface area contributed by atoms with Crippen LogP contribution in [0.4, 0.5) is 0 Å². The Morgan fingerprint density at radius 3 is 2.42 bits per heavy atom. The number of rotatable bonds is 11. The van der Waals surface area contributed by atoms with Gasteiger partial charge in [0.1, 0.15) is 4.21 Å². The lowest BCUT2D eigenvalue weighted by molar-refractivity contribution is 0.0951. The van der Waals surface area contributed by atoms with Crippen molar-refractivity contribution < 1.29 is 13.2 Å². The van der Waals surface area contributed by atoms with Gasteiger partial charge >= 0.3 is 0 Å². The molecule has 0 aliphatic heterocycles.